The van der Waals surface area contributed by atoms with Crippen LogP contribution in [0.4, 0.5) is 0 Å². The van der Waals surface area contributed by atoms with Crippen LogP contribution in [-0.2, 0) is 17.9 Å². The van der Waals surface area contributed by atoms with Gasteiger partial charge in [0.2, 0.25) is 6.41 Å². The van der Waals surface area contributed by atoms with E-state index >= 15 is 0 Å². The average Bonchev–Trinajstić information content (AvgIpc) is 2.92. The van der Waals surface area contributed by atoms with E-state index < -0.39 is 0 Å². The van der Waals surface area contributed by atoms with Gasteiger partial charge in [0.1, 0.15) is 5.82 Å². The van der Waals surface area contributed by atoms with E-state index in [-0.39, 0.29) is 0 Å². The van der Waals surface area contributed by atoms with Crippen LogP contribution in [0.1, 0.15) is 11.4 Å². The highest BCUT2D eigenvalue weighted by atomic mass is 16.1. The van der Waals surface area contributed by atoms with Crippen molar-refractivity contribution in [3.8, 4) is 0 Å². The molecule has 1 N–H and O–H groups in total. The second-order valence-corrected chi connectivity index (χ2v) is 4.94. The number of nitrogens with zero attached hydrogens (tertiary/aromatic N) is 2. The molecule has 0 unspecified atom stereocenters. The monoisotopic (exact) mass is 291 g/mol. The normalized spacial score (nSPS) is 11.1. The molecular formula is C18H17N3O. The molecule has 110 valence electrons. The Morgan fingerprint density at radius 1 is 1.05 bits per heavy atom. The van der Waals surface area contributed by atoms with Crippen LogP contribution < -0.4 is 5.32 Å². The van der Waals surface area contributed by atoms with Gasteiger partial charge in [-0.15, -0.1) is 0 Å². The number of hydrogen-bond acceptors (Lipinski definition) is 2. The quantitative estimate of drug-likeness (QED) is 0.710. The van der Waals surface area contributed by atoms with Gasteiger partial charge < -0.3 is 9.88 Å². The third-order valence-electron chi connectivity index (χ3n) is 3.47. The molecule has 1 heterocycles. The number of allylic oxidation sites excluding steroid dienone is 1. The Morgan fingerprint density at radius 3 is 2.64 bits per heavy atom. The number of benzene rings is 2. The third kappa shape index (κ3) is 3.06. The van der Waals surface area contributed by atoms with Crippen molar-refractivity contribution < 1.29 is 4.79 Å². The summed E-state index contributed by atoms with van der Waals surface area (Å²) in [5.41, 5.74) is 3.18. The molecule has 0 saturated carbocycles. The average molecular weight is 291 g/mol. The predicted octanol–water partition coefficient (Wildman–Crippen LogP) is 3.00. The minimum Gasteiger partial charge on any atom is -0.351 e. The molecule has 0 spiro atoms. The van der Waals surface area contributed by atoms with Gasteiger partial charge in [-0.2, -0.15) is 0 Å². The smallest absolute Gasteiger partial charge is 0.207 e. The van der Waals surface area contributed by atoms with Gasteiger partial charge in [0.25, 0.3) is 0 Å². The van der Waals surface area contributed by atoms with Crippen LogP contribution in [0.5, 0.6) is 0 Å². The van der Waals surface area contributed by atoms with Gasteiger partial charge in [-0.25, -0.2) is 4.98 Å². The maximum absolute atomic E-state index is 10.5. The number of amides is 1. The zero-order valence-corrected chi connectivity index (χ0v) is 12.1. The topological polar surface area (TPSA) is 46.9 Å². The number of carbonyl (C=O) groups excluding carboxylic acids is 1. The summed E-state index contributed by atoms with van der Waals surface area (Å²) in [6.45, 7) is 1.14. The Kier molecular flexibility index (Phi) is 4.30. The summed E-state index contributed by atoms with van der Waals surface area (Å²) < 4.78 is 2.12. The lowest BCUT2D eigenvalue weighted by Crippen LogP contribution is -2.14. The fraction of sp³-hybridized carbons (Fsp3) is 0.111. The van der Waals surface area contributed by atoms with Gasteiger partial charge in [0.15, 0.2) is 0 Å². The van der Waals surface area contributed by atoms with Gasteiger partial charge >= 0.3 is 0 Å². The lowest BCUT2D eigenvalue weighted by Gasteiger charge is -2.05. The number of hydrogen-bond donors (Lipinski definition) is 1. The number of rotatable bonds is 6. The van der Waals surface area contributed by atoms with Crippen LogP contribution in [0, 0.1) is 0 Å². The lowest BCUT2D eigenvalue weighted by atomic mass is 10.2. The molecule has 0 fully saturated rings. The molecule has 0 aliphatic rings. The van der Waals surface area contributed by atoms with E-state index in [1.165, 1.54) is 5.56 Å². The molecular weight excluding hydrogens is 274 g/mol. The van der Waals surface area contributed by atoms with Crippen LogP contribution in [0.15, 0.2) is 60.7 Å². The van der Waals surface area contributed by atoms with Crippen molar-refractivity contribution >= 4 is 23.5 Å². The highest BCUT2D eigenvalue weighted by molar-refractivity contribution is 5.76. The second-order valence-electron chi connectivity index (χ2n) is 4.94. The predicted molar refractivity (Wildman–Crippen MR) is 88.1 cm³/mol. The third-order valence-corrected chi connectivity index (χ3v) is 3.47. The minimum absolute atomic E-state index is 0.428. The number of aromatic nitrogens is 2. The standard InChI is InChI=1S/C18H17N3O/c22-14-19-13-18-20-16-10-4-5-11-17(16)21(18)12-6-9-15-7-2-1-3-8-15/h1-11,14H,12-13H2,(H,19,22)/b9-6-. The summed E-state index contributed by atoms with van der Waals surface area (Å²) in [4.78, 5) is 15.1. The van der Waals surface area contributed by atoms with Crippen molar-refractivity contribution in [3.63, 3.8) is 0 Å². The van der Waals surface area contributed by atoms with Gasteiger partial charge in [-0.1, -0.05) is 54.6 Å². The van der Waals surface area contributed by atoms with Gasteiger partial charge in [0.05, 0.1) is 17.6 Å². The minimum atomic E-state index is 0.428. The van der Waals surface area contributed by atoms with Gasteiger partial charge in [-0.05, 0) is 17.7 Å². The van der Waals surface area contributed by atoms with Crippen molar-refractivity contribution in [1.29, 1.82) is 0 Å². The van der Waals surface area contributed by atoms with E-state index in [2.05, 4.69) is 39.2 Å². The van der Waals surface area contributed by atoms with E-state index in [9.17, 15) is 4.79 Å². The maximum Gasteiger partial charge on any atom is 0.207 e. The summed E-state index contributed by atoms with van der Waals surface area (Å²) in [7, 11) is 0. The fourth-order valence-corrected chi connectivity index (χ4v) is 2.46. The van der Waals surface area contributed by atoms with E-state index in [1.54, 1.807) is 0 Å². The fourth-order valence-electron chi connectivity index (χ4n) is 2.46. The Balaban J connectivity index is 1.87. The molecule has 0 saturated heterocycles. The van der Waals surface area contributed by atoms with Crippen molar-refractivity contribution in [2.45, 2.75) is 13.1 Å². The number of carbonyl (C=O) groups is 1. The SMILES string of the molecule is O=CNCc1nc2ccccc2n1C/C=C\c1ccccc1. The van der Waals surface area contributed by atoms with Gasteiger partial charge in [-0.3, -0.25) is 4.79 Å². The van der Waals surface area contributed by atoms with Crippen molar-refractivity contribution in [2.75, 3.05) is 0 Å². The van der Waals surface area contributed by atoms with E-state index in [0.717, 1.165) is 16.9 Å². The second kappa shape index (κ2) is 6.72. The molecule has 0 aliphatic carbocycles. The first kappa shape index (κ1) is 14.1. The molecule has 1 amide bonds. The molecule has 0 atom stereocenters. The summed E-state index contributed by atoms with van der Waals surface area (Å²) in [5, 5.41) is 2.69. The Bertz CT molecular complexity index is 790. The highest BCUT2D eigenvalue weighted by Crippen LogP contribution is 2.16. The molecule has 4 heteroatoms. The first-order chi connectivity index (χ1) is 10.9. The number of para-hydroxylation sites is 2. The first-order valence-corrected chi connectivity index (χ1v) is 7.21. The summed E-state index contributed by atoms with van der Waals surface area (Å²) in [5.74, 6) is 0.853. The number of imidazole rings is 1. The summed E-state index contributed by atoms with van der Waals surface area (Å²) in [6, 6.07) is 18.2. The Morgan fingerprint density at radius 2 is 1.82 bits per heavy atom. The summed E-state index contributed by atoms with van der Waals surface area (Å²) in [6.07, 6.45) is 4.89. The molecule has 1 aromatic heterocycles. The molecule has 0 bridgehead atoms. The molecule has 0 radical (unpaired) electrons. The van der Waals surface area contributed by atoms with Crippen LogP contribution in [0.25, 0.3) is 17.1 Å². The molecule has 3 aromatic rings. The largest absolute Gasteiger partial charge is 0.351 e. The zero-order valence-electron chi connectivity index (χ0n) is 12.1. The number of fused-ring (bicyclic) bond motifs is 1. The van der Waals surface area contributed by atoms with Gasteiger partial charge in [0, 0.05) is 6.54 Å². The summed E-state index contributed by atoms with van der Waals surface area (Å²) >= 11 is 0. The van der Waals surface area contributed by atoms with Crippen LogP contribution in [0.2, 0.25) is 0 Å². The first-order valence-electron chi connectivity index (χ1n) is 7.21. The van der Waals surface area contributed by atoms with Crippen LogP contribution >= 0.6 is 0 Å². The highest BCUT2D eigenvalue weighted by Gasteiger charge is 2.08. The molecule has 3 rings (SSSR count). The molecule has 0 aliphatic heterocycles. The van der Waals surface area contributed by atoms with Crippen molar-refractivity contribution in [1.82, 2.24) is 14.9 Å². The molecule has 2 aromatic carbocycles. The molecule has 4 nitrogen and oxygen atoms in total. The van der Waals surface area contributed by atoms with Crippen LogP contribution in [0.3, 0.4) is 0 Å². The van der Waals surface area contributed by atoms with E-state index in [4.69, 9.17) is 0 Å². The molecule has 22 heavy (non-hydrogen) atoms. The Labute approximate surface area is 129 Å². The van der Waals surface area contributed by atoms with E-state index in [0.29, 0.717) is 19.5 Å². The van der Waals surface area contributed by atoms with E-state index in [1.807, 2.05) is 42.5 Å². The van der Waals surface area contributed by atoms with Crippen LogP contribution in [-0.4, -0.2) is 16.0 Å². The lowest BCUT2D eigenvalue weighted by molar-refractivity contribution is -0.109. The Hall–Kier alpha value is -2.88. The van der Waals surface area contributed by atoms with Crippen molar-refractivity contribution in [2.24, 2.45) is 0 Å². The maximum atomic E-state index is 10.5. The zero-order chi connectivity index (χ0) is 15.2. The van der Waals surface area contributed by atoms with Crippen molar-refractivity contribution in [3.05, 3.63) is 72.1 Å². The number of nitrogens with one attached hydrogen (secondary N) is 1.